The summed E-state index contributed by atoms with van der Waals surface area (Å²) < 4.78 is 2.23. The van der Waals surface area contributed by atoms with E-state index in [2.05, 4.69) is 226 Å². The summed E-state index contributed by atoms with van der Waals surface area (Å²) in [6, 6.07) is 69.6. The number of benzene rings is 9. The minimum Gasteiger partial charge on any atom is -0.278 e. The summed E-state index contributed by atoms with van der Waals surface area (Å²) in [6.45, 7) is 11.5. The first-order valence-electron chi connectivity index (χ1n) is 21.0. The van der Waals surface area contributed by atoms with Crippen molar-refractivity contribution in [2.45, 2.75) is 26.2 Å². The van der Waals surface area contributed by atoms with Crippen LogP contribution in [-0.2, 0) is 5.41 Å². The molecule has 0 bridgehead atoms. The van der Waals surface area contributed by atoms with Crippen LogP contribution < -0.4 is 0 Å². The van der Waals surface area contributed by atoms with Crippen LogP contribution in [0.15, 0.2) is 201 Å². The van der Waals surface area contributed by atoms with Crippen LogP contribution in [0.25, 0.3) is 99.3 Å². The molecule has 2 heterocycles. The fourth-order valence-corrected chi connectivity index (χ4v) is 9.57. The molecule has 2 aromatic heterocycles. The van der Waals surface area contributed by atoms with Gasteiger partial charge in [-0.1, -0.05) is 190 Å². The number of hydrogen-bond acceptors (Lipinski definition) is 2. The Hall–Kier alpha value is -7.62. The minimum absolute atomic E-state index is 0.276. The number of rotatable bonds is 7. The van der Waals surface area contributed by atoms with Gasteiger partial charge in [0.25, 0.3) is 0 Å². The molecule has 0 radical (unpaired) electrons. The van der Waals surface area contributed by atoms with Crippen molar-refractivity contribution < 1.29 is 0 Å². The summed E-state index contributed by atoms with van der Waals surface area (Å²) in [4.78, 5) is 10.6. The van der Waals surface area contributed by atoms with E-state index < -0.39 is 0 Å². The lowest BCUT2D eigenvalue weighted by molar-refractivity contribution is 0.689. The van der Waals surface area contributed by atoms with Gasteiger partial charge >= 0.3 is 0 Å². The van der Waals surface area contributed by atoms with Crippen LogP contribution in [0.5, 0.6) is 0 Å². The third kappa shape index (κ3) is 6.04. The van der Waals surface area contributed by atoms with E-state index in [0.717, 1.165) is 49.5 Å². The molecule has 290 valence electrons. The lowest BCUT2D eigenvalue weighted by atomic mass is 9.73. The summed E-state index contributed by atoms with van der Waals surface area (Å²) in [7, 11) is 0. The zero-order valence-corrected chi connectivity index (χ0v) is 34.5. The average molecular weight is 782 g/mol. The Kier molecular flexibility index (Phi) is 8.54. The highest BCUT2D eigenvalue weighted by Gasteiger charge is 2.28. The first-order valence-corrected chi connectivity index (χ1v) is 21.0. The number of hydrogen-bond donors (Lipinski definition) is 0. The maximum Gasteiger partial charge on any atom is 0.235 e. The van der Waals surface area contributed by atoms with Crippen LogP contribution in [0.4, 0.5) is 0 Å². The second-order valence-electron chi connectivity index (χ2n) is 16.7. The van der Waals surface area contributed by atoms with E-state index in [9.17, 15) is 0 Å². The van der Waals surface area contributed by atoms with Crippen LogP contribution >= 0.6 is 0 Å². The van der Waals surface area contributed by atoms with Crippen LogP contribution in [0.1, 0.15) is 30.5 Å². The second-order valence-corrected chi connectivity index (χ2v) is 16.7. The molecule has 0 spiro atoms. The molecule has 3 nitrogen and oxygen atoms in total. The van der Waals surface area contributed by atoms with Crippen molar-refractivity contribution in [3.05, 3.63) is 217 Å². The van der Waals surface area contributed by atoms with Gasteiger partial charge in [0, 0.05) is 27.1 Å². The molecule has 0 aliphatic heterocycles. The topological polar surface area (TPSA) is 30.7 Å². The van der Waals surface area contributed by atoms with Gasteiger partial charge in [0.15, 0.2) is 0 Å². The molecule has 11 aromatic rings. The van der Waals surface area contributed by atoms with Crippen molar-refractivity contribution in [1.82, 2.24) is 14.5 Å². The maximum absolute atomic E-state index is 5.39. The van der Waals surface area contributed by atoms with Crippen molar-refractivity contribution in [3.8, 4) is 39.5 Å². The van der Waals surface area contributed by atoms with E-state index in [1.807, 2.05) is 0 Å². The number of aryl methyl sites for hydroxylation is 1. The number of aromatic nitrogens is 3. The zero-order chi connectivity index (χ0) is 41.2. The highest BCUT2D eigenvalue weighted by molar-refractivity contribution is 6.10. The fraction of sp³-hybridized carbons (Fsp3) is 0.0690. The van der Waals surface area contributed by atoms with Gasteiger partial charge in [0.1, 0.15) is 0 Å². The Morgan fingerprint density at radius 2 is 1.05 bits per heavy atom. The SMILES string of the molecule is C=C(c1cccc2ccccc12)C(C)(C)c1ccc(-c2ccc3c(c2)c2ccccc2n3-c2nc(-c3ccc(-c4cccc5ccccc45)cc3)c3ccccc3n2)cc1C. The van der Waals surface area contributed by atoms with Gasteiger partial charge in [-0.3, -0.25) is 4.57 Å². The molecule has 0 unspecified atom stereocenters. The second kappa shape index (κ2) is 14.3. The molecule has 0 amide bonds. The van der Waals surface area contributed by atoms with Crippen molar-refractivity contribution in [3.63, 3.8) is 0 Å². The minimum atomic E-state index is -0.276. The van der Waals surface area contributed by atoms with Gasteiger partial charge in [0.2, 0.25) is 5.95 Å². The fourth-order valence-electron chi connectivity index (χ4n) is 9.57. The monoisotopic (exact) mass is 781 g/mol. The normalized spacial score (nSPS) is 11.9. The summed E-state index contributed by atoms with van der Waals surface area (Å²) in [6.07, 6.45) is 0. The predicted molar refractivity (Wildman–Crippen MR) is 258 cm³/mol. The quantitative estimate of drug-likeness (QED) is 0.161. The van der Waals surface area contributed by atoms with Crippen LogP contribution in [-0.4, -0.2) is 14.5 Å². The Labute approximate surface area is 355 Å². The van der Waals surface area contributed by atoms with E-state index in [4.69, 9.17) is 9.97 Å². The molecule has 0 saturated carbocycles. The van der Waals surface area contributed by atoms with Crippen molar-refractivity contribution in [2.24, 2.45) is 0 Å². The number of fused-ring (bicyclic) bond motifs is 6. The molecule has 11 rings (SSSR count). The first kappa shape index (κ1) is 36.5. The molecule has 0 N–H and O–H groups in total. The van der Waals surface area contributed by atoms with Gasteiger partial charge in [-0.05, 0) is 97.3 Å². The van der Waals surface area contributed by atoms with Gasteiger partial charge in [0.05, 0.1) is 22.2 Å². The van der Waals surface area contributed by atoms with E-state index >= 15 is 0 Å². The average Bonchev–Trinajstić information content (AvgIpc) is 3.64. The number of allylic oxidation sites excluding steroid dienone is 1. The highest BCUT2D eigenvalue weighted by atomic mass is 15.2. The Bertz CT molecular complexity index is 3520. The lowest BCUT2D eigenvalue weighted by Crippen LogP contribution is -2.20. The third-order valence-electron chi connectivity index (χ3n) is 12.8. The van der Waals surface area contributed by atoms with E-state index in [1.165, 1.54) is 60.5 Å². The Morgan fingerprint density at radius 1 is 0.475 bits per heavy atom. The Balaban J connectivity index is 0.987. The van der Waals surface area contributed by atoms with E-state index in [1.54, 1.807) is 0 Å². The van der Waals surface area contributed by atoms with Gasteiger partial charge in [-0.15, -0.1) is 0 Å². The van der Waals surface area contributed by atoms with Crippen molar-refractivity contribution in [2.75, 3.05) is 0 Å². The summed E-state index contributed by atoms with van der Waals surface area (Å²) in [5.41, 5.74) is 14.3. The third-order valence-corrected chi connectivity index (χ3v) is 12.8. The molecule has 0 fully saturated rings. The molecule has 3 heteroatoms. The molecule has 0 aliphatic carbocycles. The molecule has 61 heavy (non-hydrogen) atoms. The van der Waals surface area contributed by atoms with Crippen LogP contribution in [0.2, 0.25) is 0 Å². The molecular formula is C58H43N3. The zero-order valence-electron chi connectivity index (χ0n) is 34.5. The molecule has 0 atom stereocenters. The molecule has 0 saturated heterocycles. The largest absolute Gasteiger partial charge is 0.278 e. The predicted octanol–water partition coefficient (Wildman–Crippen LogP) is 15.3. The number of para-hydroxylation sites is 2. The summed E-state index contributed by atoms with van der Waals surface area (Å²) in [5.74, 6) is 0.652. The van der Waals surface area contributed by atoms with Crippen molar-refractivity contribution in [1.29, 1.82) is 0 Å². The summed E-state index contributed by atoms with van der Waals surface area (Å²) >= 11 is 0. The standard InChI is InChI=1S/C58H43N3/c1-37-35-43(31-33-52(37)58(3,4)38(2)45-23-13-17-39-15-5-7-19-46(39)45)44-32-34-55-51(36-44)49-21-10-12-26-54(49)61(55)57-59-53-25-11-9-22-50(53)56(60-57)42-29-27-41(28-30-42)48-24-14-18-40-16-6-8-20-47(40)48/h5-36H,2H2,1,3-4H3. The van der Waals surface area contributed by atoms with Gasteiger partial charge in [-0.2, -0.15) is 0 Å². The van der Waals surface area contributed by atoms with Gasteiger partial charge < -0.3 is 0 Å². The molecule has 9 aromatic carbocycles. The number of nitrogens with zero attached hydrogens (tertiary/aromatic N) is 3. The van der Waals surface area contributed by atoms with E-state index in [0.29, 0.717) is 5.95 Å². The van der Waals surface area contributed by atoms with Crippen LogP contribution in [0, 0.1) is 6.92 Å². The smallest absolute Gasteiger partial charge is 0.235 e. The van der Waals surface area contributed by atoms with E-state index in [-0.39, 0.29) is 5.41 Å². The summed E-state index contributed by atoms with van der Waals surface area (Å²) in [5, 5.41) is 8.31. The Morgan fingerprint density at radius 3 is 1.84 bits per heavy atom. The lowest BCUT2D eigenvalue weighted by Gasteiger charge is -2.31. The van der Waals surface area contributed by atoms with Crippen LogP contribution in [0.3, 0.4) is 0 Å². The molecule has 0 aliphatic rings. The van der Waals surface area contributed by atoms with Crippen molar-refractivity contribution >= 4 is 59.8 Å². The van der Waals surface area contributed by atoms with Gasteiger partial charge in [-0.25, -0.2) is 9.97 Å². The first-order chi connectivity index (χ1) is 29.8. The maximum atomic E-state index is 5.39. The molecular weight excluding hydrogens is 739 g/mol. The highest BCUT2D eigenvalue weighted by Crippen LogP contribution is 2.42.